The van der Waals surface area contributed by atoms with Gasteiger partial charge in [-0.05, 0) is 57.2 Å². The van der Waals surface area contributed by atoms with E-state index in [1.807, 2.05) is 18.3 Å². The van der Waals surface area contributed by atoms with Gasteiger partial charge in [-0.1, -0.05) is 6.07 Å². The number of rotatable bonds is 6. The van der Waals surface area contributed by atoms with Crippen LogP contribution in [0.2, 0.25) is 0 Å². The highest BCUT2D eigenvalue weighted by atomic mass is 16.2. The number of piperidine rings is 1. The SMILES string of the molecule is CCN(CC1CCN(c2ccccn2)CC1)C(=O)CC1CCCN1. The Bertz CT molecular complexity index is 507. The lowest BCUT2D eigenvalue weighted by molar-refractivity contribution is -0.132. The summed E-state index contributed by atoms with van der Waals surface area (Å²) in [4.78, 5) is 21.4. The van der Waals surface area contributed by atoms with Gasteiger partial charge in [0.1, 0.15) is 5.82 Å². The Morgan fingerprint density at radius 3 is 2.79 bits per heavy atom. The number of aromatic nitrogens is 1. The van der Waals surface area contributed by atoms with Crippen LogP contribution in [0.4, 0.5) is 5.82 Å². The van der Waals surface area contributed by atoms with E-state index >= 15 is 0 Å². The number of nitrogens with one attached hydrogen (secondary N) is 1. The lowest BCUT2D eigenvalue weighted by atomic mass is 9.96. The van der Waals surface area contributed by atoms with Crippen molar-refractivity contribution in [1.82, 2.24) is 15.2 Å². The molecule has 1 unspecified atom stereocenters. The minimum Gasteiger partial charge on any atom is -0.357 e. The number of pyridine rings is 1. The van der Waals surface area contributed by atoms with Gasteiger partial charge in [0.2, 0.25) is 5.91 Å². The molecule has 24 heavy (non-hydrogen) atoms. The zero-order valence-corrected chi connectivity index (χ0v) is 14.8. The van der Waals surface area contributed by atoms with Crippen molar-refractivity contribution in [3.63, 3.8) is 0 Å². The highest BCUT2D eigenvalue weighted by Gasteiger charge is 2.25. The maximum atomic E-state index is 12.6. The molecule has 5 heteroatoms. The molecule has 132 valence electrons. The standard InChI is InChI=1S/C19H30N4O/c1-2-22(19(24)14-17-6-5-11-20-17)15-16-8-12-23(13-9-16)18-7-3-4-10-21-18/h3-4,7,10,16-17,20H,2,5-6,8-9,11-15H2,1H3. The Morgan fingerprint density at radius 2 is 2.17 bits per heavy atom. The molecular formula is C19H30N4O. The van der Waals surface area contributed by atoms with Crippen molar-refractivity contribution in [3.8, 4) is 0 Å². The summed E-state index contributed by atoms with van der Waals surface area (Å²) in [7, 11) is 0. The molecule has 2 fully saturated rings. The fourth-order valence-corrected chi connectivity index (χ4v) is 3.88. The van der Waals surface area contributed by atoms with Gasteiger partial charge in [-0.15, -0.1) is 0 Å². The molecule has 1 amide bonds. The van der Waals surface area contributed by atoms with Crippen molar-refractivity contribution in [1.29, 1.82) is 0 Å². The third-order valence-electron chi connectivity index (χ3n) is 5.38. The Morgan fingerprint density at radius 1 is 1.33 bits per heavy atom. The molecule has 3 rings (SSSR count). The summed E-state index contributed by atoms with van der Waals surface area (Å²) in [6, 6.07) is 6.48. The first-order chi connectivity index (χ1) is 11.8. The first kappa shape index (κ1) is 17.2. The van der Waals surface area contributed by atoms with Gasteiger partial charge in [-0.25, -0.2) is 4.98 Å². The molecule has 5 nitrogen and oxygen atoms in total. The van der Waals surface area contributed by atoms with Gasteiger partial charge in [-0.3, -0.25) is 4.79 Å². The van der Waals surface area contributed by atoms with Crippen molar-refractivity contribution >= 4 is 11.7 Å². The molecule has 1 N–H and O–H groups in total. The van der Waals surface area contributed by atoms with Gasteiger partial charge in [0, 0.05) is 44.8 Å². The highest BCUT2D eigenvalue weighted by molar-refractivity contribution is 5.76. The molecule has 2 aliphatic heterocycles. The average Bonchev–Trinajstić information content (AvgIpc) is 3.14. The van der Waals surface area contributed by atoms with E-state index in [2.05, 4.69) is 33.1 Å². The van der Waals surface area contributed by atoms with Crippen molar-refractivity contribution in [2.24, 2.45) is 5.92 Å². The first-order valence-corrected chi connectivity index (χ1v) is 9.43. The summed E-state index contributed by atoms with van der Waals surface area (Å²) in [5, 5.41) is 3.43. The van der Waals surface area contributed by atoms with Crippen LogP contribution in [0.15, 0.2) is 24.4 Å². The maximum absolute atomic E-state index is 12.6. The summed E-state index contributed by atoms with van der Waals surface area (Å²) in [6.07, 6.45) is 7.16. The van der Waals surface area contributed by atoms with E-state index in [1.165, 1.54) is 6.42 Å². The summed E-state index contributed by atoms with van der Waals surface area (Å²) < 4.78 is 0. The van der Waals surface area contributed by atoms with Gasteiger partial charge >= 0.3 is 0 Å². The van der Waals surface area contributed by atoms with Crippen LogP contribution in [0.1, 0.15) is 39.0 Å². The lowest BCUT2D eigenvalue weighted by Gasteiger charge is -2.35. The minimum atomic E-state index is 0.323. The quantitative estimate of drug-likeness (QED) is 0.869. The molecule has 1 aromatic heterocycles. The molecule has 0 aromatic carbocycles. The van der Waals surface area contributed by atoms with Crippen molar-refractivity contribution in [2.45, 2.75) is 45.1 Å². The molecule has 0 saturated carbocycles. The molecule has 1 aromatic rings. The molecule has 2 aliphatic rings. The fourth-order valence-electron chi connectivity index (χ4n) is 3.88. The molecule has 0 aliphatic carbocycles. The van der Waals surface area contributed by atoms with Crippen LogP contribution in [0.5, 0.6) is 0 Å². The molecule has 0 bridgehead atoms. The van der Waals surface area contributed by atoms with Crippen LogP contribution >= 0.6 is 0 Å². The smallest absolute Gasteiger partial charge is 0.224 e. The van der Waals surface area contributed by atoms with Crippen LogP contribution in [0.25, 0.3) is 0 Å². The molecule has 1 atom stereocenters. The Balaban J connectivity index is 1.46. The Hall–Kier alpha value is -1.62. The maximum Gasteiger partial charge on any atom is 0.224 e. The van der Waals surface area contributed by atoms with Crippen LogP contribution in [-0.2, 0) is 4.79 Å². The topological polar surface area (TPSA) is 48.5 Å². The first-order valence-electron chi connectivity index (χ1n) is 9.43. The predicted molar refractivity (Wildman–Crippen MR) is 97.1 cm³/mol. The zero-order chi connectivity index (χ0) is 16.8. The average molecular weight is 330 g/mol. The van der Waals surface area contributed by atoms with Crippen LogP contribution in [-0.4, -0.2) is 54.6 Å². The van der Waals surface area contributed by atoms with Crippen LogP contribution < -0.4 is 10.2 Å². The summed E-state index contributed by atoms with van der Waals surface area (Å²) in [5.41, 5.74) is 0. The van der Waals surface area contributed by atoms with E-state index in [9.17, 15) is 4.79 Å². The Labute approximate surface area is 145 Å². The largest absolute Gasteiger partial charge is 0.357 e. The number of hydrogen-bond acceptors (Lipinski definition) is 4. The van der Waals surface area contributed by atoms with Gasteiger partial charge < -0.3 is 15.1 Å². The summed E-state index contributed by atoms with van der Waals surface area (Å²) in [5.74, 6) is 2.01. The second-order valence-corrected chi connectivity index (χ2v) is 7.05. The number of hydrogen-bond donors (Lipinski definition) is 1. The van der Waals surface area contributed by atoms with Gasteiger partial charge in [0.15, 0.2) is 0 Å². The van der Waals surface area contributed by atoms with Gasteiger partial charge in [0.25, 0.3) is 0 Å². The molecule has 2 saturated heterocycles. The number of carbonyl (C=O) groups is 1. The van der Waals surface area contributed by atoms with E-state index < -0.39 is 0 Å². The third-order valence-corrected chi connectivity index (χ3v) is 5.38. The second kappa shape index (κ2) is 8.47. The predicted octanol–water partition coefficient (Wildman–Crippen LogP) is 2.29. The fraction of sp³-hybridized carbons (Fsp3) is 0.684. The zero-order valence-electron chi connectivity index (χ0n) is 14.8. The molecule has 0 radical (unpaired) electrons. The van der Waals surface area contributed by atoms with E-state index in [0.29, 0.717) is 24.3 Å². The van der Waals surface area contributed by atoms with E-state index in [-0.39, 0.29) is 0 Å². The summed E-state index contributed by atoms with van der Waals surface area (Å²) >= 11 is 0. The number of nitrogens with zero attached hydrogens (tertiary/aromatic N) is 3. The van der Waals surface area contributed by atoms with E-state index in [1.54, 1.807) is 0 Å². The minimum absolute atomic E-state index is 0.323. The number of anilines is 1. The number of amides is 1. The van der Waals surface area contributed by atoms with Crippen LogP contribution in [0.3, 0.4) is 0 Å². The normalized spacial score (nSPS) is 21.9. The van der Waals surface area contributed by atoms with E-state index in [4.69, 9.17) is 0 Å². The number of carbonyl (C=O) groups excluding carboxylic acids is 1. The monoisotopic (exact) mass is 330 g/mol. The van der Waals surface area contributed by atoms with Crippen molar-refractivity contribution in [2.75, 3.05) is 37.6 Å². The molecule has 3 heterocycles. The van der Waals surface area contributed by atoms with Gasteiger partial charge in [0.05, 0.1) is 0 Å². The summed E-state index contributed by atoms with van der Waals surface area (Å²) in [6.45, 7) is 6.98. The molecule has 0 spiro atoms. The van der Waals surface area contributed by atoms with Gasteiger partial charge in [-0.2, -0.15) is 0 Å². The highest BCUT2D eigenvalue weighted by Crippen LogP contribution is 2.23. The third kappa shape index (κ3) is 4.47. The van der Waals surface area contributed by atoms with Crippen molar-refractivity contribution in [3.05, 3.63) is 24.4 Å². The Kier molecular flexibility index (Phi) is 6.07. The van der Waals surface area contributed by atoms with Crippen LogP contribution in [0, 0.1) is 5.92 Å². The van der Waals surface area contributed by atoms with E-state index in [0.717, 1.165) is 57.8 Å². The molecular weight excluding hydrogens is 300 g/mol. The lowest BCUT2D eigenvalue weighted by Crippen LogP contribution is -2.42. The second-order valence-electron chi connectivity index (χ2n) is 7.05. The van der Waals surface area contributed by atoms with Crippen molar-refractivity contribution < 1.29 is 4.79 Å².